The molecule has 0 aliphatic carbocycles. The number of sulfonamides is 1. The number of hydrogen-bond acceptors (Lipinski definition) is 4. The fourth-order valence-electron chi connectivity index (χ4n) is 2.54. The molecule has 3 aromatic rings. The largest absolute Gasteiger partial charge is 0.436 e. The first-order chi connectivity index (χ1) is 14.3. The molecule has 0 amide bonds. The van der Waals surface area contributed by atoms with Gasteiger partial charge in [0.1, 0.15) is 16.4 Å². The summed E-state index contributed by atoms with van der Waals surface area (Å²) in [6.07, 6.45) is -4.48. The van der Waals surface area contributed by atoms with Crippen molar-refractivity contribution < 1.29 is 34.8 Å². The van der Waals surface area contributed by atoms with Crippen LogP contribution in [0.2, 0.25) is 0 Å². The molecule has 1 aromatic heterocycles. The van der Waals surface area contributed by atoms with E-state index < -0.39 is 55.6 Å². The number of halogens is 7. The quantitative estimate of drug-likeness (QED) is 0.331. The third kappa shape index (κ3) is 4.89. The molecule has 0 unspecified atom stereocenters. The smallest absolute Gasteiger partial charge is 0.349 e. The Morgan fingerprint density at radius 2 is 1.68 bits per heavy atom. The molecular weight excluding hydrogens is 565 g/mol. The lowest BCUT2D eigenvalue weighted by molar-refractivity contribution is -0.143. The molecular formula is C17H11F6IN4O2S. The van der Waals surface area contributed by atoms with Gasteiger partial charge in [0.05, 0.1) is 11.4 Å². The van der Waals surface area contributed by atoms with Crippen LogP contribution in [0, 0.1) is 21.0 Å². The summed E-state index contributed by atoms with van der Waals surface area (Å²) in [5.74, 6) is -3.81. The van der Waals surface area contributed by atoms with Crippen LogP contribution in [0.5, 0.6) is 0 Å². The first-order valence-corrected chi connectivity index (χ1v) is 10.7. The van der Waals surface area contributed by atoms with Crippen molar-refractivity contribution in [1.82, 2.24) is 9.78 Å². The Labute approximate surface area is 185 Å². The van der Waals surface area contributed by atoms with E-state index in [2.05, 4.69) is 10.4 Å². The number of hydrogen-bond donors (Lipinski definition) is 2. The molecule has 0 aliphatic rings. The second-order valence-corrected chi connectivity index (χ2v) is 9.05. The van der Waals surface area contributed by atoms with E-state index in [0.29, 0.717) is 20.5 Å². The molecule has 14 heteroatoms. The molecule has 0 spiro atoms. The molecule has 0 atom stereocenters. The van der Waals surface area contributed by atoms with Crippen LogP contribution in [-0.4, -0.2) is 18.2 Å². The number of rotatable bonds is 5. The summed E-state index contributed by atoms with van der Waals surface area (Å²) in [6.45, 7) is 0. The third-order valence-electron chi connectivity index (χ3n) is 3.88. The predicted molar refractivity (Wildman–Crippen MR) is 108 cm³/mol. The van der Waals surface area contributed by atoms with Gasteiger partial charge in [-0.05, 0) is 52.9 Å². The second kappa shape index (κ2) is 8.22. The van der Waals surface area contributed by atoms with Crippen LogP contribution >= 0.6 is 22.6 Å². The summed E-state index contributed by atoms with van der Waals surface area (Å²) < 4.78 is 110. The molecule has 2 N–H and O–H groups in total. The van der Waals surface area contributed by atoms with Gasteiger partial charge in [0, 0.05) is 16.8 Å². The van der Waals surface area contributed by atoms with E-state index in [1.807, 2.05) is 22.6 Å². The van der Waals surface area contributed by atoms with Gasteiger partial charge < -0.3 is 5.32 Å². The fourth-order valence-corrected chi connectivity index (χ4v) is 4.27. The van der Waals surface area contributed by atoms with Gasteiger partial charge in [0.25, 0.3) is 10.0 Å². The Bertz CT molecular complexity index is 1260. The van der Waals surface area contributed by atoms with Gasteiger partial charge in [-0.1, -0.05) is 0 Å². The van der Waals surface area contributed by atoms with Gasteiger partial charge in [-0.15, -0.1) is 0 Å². The predicted octanol–water partition coefficient (Wildman–Crippen LogP) is 5.01. The Morgan fingerprint density at radius 3 is 2.29 bits per heavy atom. The highest BCUT2D eigenvalue weighted by Gasteiger charge is 2.41. The first kappa shape index (κ1) is 23.2. The van der Waals surface area contributed by atoms with Gasteiger partial charge in [0.2, 0.25) is 0 Å². The molecule has 166 valence electrons. The van der Waals surface area contributed by atoms with Crippen molar-refractivity contribution in [3.8, 4) is 0 Å². The van der Waals surface area contributed by atoms with Crippen molar-refractivity contribution in [3.05, 3.63) is 63.2 Å². The van der Waals surface area contributed by atoms with Gasteiger partial charge >= 0.3 is 6.18 Å². The number of nitrogens with zero attached hydrogens (tertiary/aromatic N) is 2. The molecule has 31 heavy (non-hydrogen) atoms. The number of anilines is 3. The molecule has 0 bridgehead atoms. The Hall–Kier alpha value is -2.49. The molecule has 0 fully saturated rings. The number of aryl methyl sites for hydroxylation is 1. The van der Waals surface area contributed by atoms with E-state index in [9.17, 15) is 34.8 Å². The van der Waals surface area contributed by atoms with Crippen molar-refractivity contribution in [2.24, 2.45) is 7.05 Å². The monoisotopic (exact) mass is 576 g/mol. The second-order valence-electron chi connectivity index (χ2n) is 6.15. The standard InChI is InChI=1S/C17H11F6IN4O2S/c1-28-7-13(16(26-28)17(21,22)23)31(29,30)27-12-5-3-9(18)14(20)15(12)25-11-4-2-8(24)6-10(11)19/h2-7,25,27H,1H3. The van der Waals surface area contributed by atoms with Crippen LogP contribution < -0.4 is 10.0 Å². The van der Waals surface area contributed by atoms with Crippen molar-refractivity contribution >= 4 is 49.7 Å². The lowest BCUT2D eigenvalue weighted by Crippen LogP contribution is -2.19. The minimum absolute atomic E-state index is 0.317. The van der Waals surface area contributed by atoms with Gasteiger partial charge in [-0.3, -0.25) is 9.40 Å². The topological polar surface area (TPSA) is 76.0 Å². The summed E-state index contributed by atoms with van der Waals surface area (Å²) in [6, 6.07) is 5.07. The molecule has 1 heterocycles. The molecule has 0 aliphatic heterocycles. The molecule has 0 saturated heterocycles. The van der Waals surface area contributed by atoms with Crippen molar-refractivity contribution in [3.63, 3.8) is 0 Å². The molecule has 3 rings (SSSR count). The van der Waals surface area contributed by atoms with Crippen LogP contribution in [0.1, 0.15) is 5.69 Å². The fraction of sp³-hybridized carbons (Fsp3) is 0.118. The van der Waals surface area contributed by atoms with E-state index in [0.717, 1.165) is 19.2 Å². The maximum atomic E-state index is 14.4. The van der Waals surface area contributed by atoms with E-state index >= 15 is 0 Å². The summed E-state index contributed by atoms with van der Waals surface area (Å²) in [7, 11) is -3.86. The zero-order chi connectivity index (χ0) is 23.1. The van der Waals surface area contributed by atoms with Crippen LogP contribution in [0.3, 0.4) is 0 Å². The highest BCUT2D eigenvalue weighted by atomic mass is 127. The molecule has 6 nitrogen and oxygen atoms in total. The number of aromatic nitrogens is 2. The average molecular weight is 576 g/mol. The van der Waals surface area contributed by atoms with Gasteiger partial charge in [-0.2, -0.15) is 18.3 Å². The number of benzene rings is 2. The highest BCUT2D eigenvalue weighted by Crippen LogP contribution is 2.36. The van der Waals surface area contributed by atoms with Crippen LogP contribution in [0.25, 0.3) is 0 Å². The van der Waals surface area contributed by atoms with Crippen LogP contribution in [-0.2, 0) is 23.2 Å². The van der Waals surface area contributed by atoms with E-state index in [1.54, 1.807) is 4.72 Å². The summed E-state index contributed by atoms with van der Waals surface area (Å²) >= 11 is 1.81. The SMILES string of the molecule is Cn1cc(S(=O)(=O)Nc2ccc(F)c(F)c2Nc2ccc(I)cc2F)c(C(F)(F)F)n1. The normalized spacial score (nSPS) is 12.1. The highest BCUT2D eigenvalue weighted by molar-refractivity contribution is 14.1. The van der Waals surface area contributed by atoms with E-state index in [4.69, 9.17) is 0 Å². The van der Waals surface area contributed by atoms with Crippen molar-refractivity contribution in [2.75, 3.05) is 10.0 Å². The maximum Gasteiger partial charge on any atom is 0.436 e. The van der Waals surface area contributed by atoms with Crippen LogP contribution in [0.15, 0.2) is 41.4 Å². The Morgan fingerprint density at radius 1 is 1.03 bits per heavy atom. The minimum Gasteiger partial charge on any atom is -0.349 e. The third-order valence-corrected chi connectivity index (χ3v) is 5.92. The number of nitrogens with one attached hydrogen (secondary N) is 2. The Balaban J connectivity index is 2.07. The first-order valence-electron chi connectivity index (χ1n) is 8.13. The lowest BCUT2D eigenvalue weighted by Gasteiger charge is -2.16. The zero-order valence-electron chi connectivity index (χ0n) is 15.2. The zero-order valence-corrected chi connectivity index (χ0v) is 18.2. The summed E-state index contributed by atoms with van der Waals surface area (Å²) in [5, 5.41) is 5.34. The maximum absolute atomic E-state index is 14.4. The molecule has 0 saturated carbocycles. The van der Waals surface area contributed by atoms with Crippen molar-refractivity contribution in [1.29, 1.82) is 0 Å². The lowest BCUT2D eigenvalue weighted by atomic mass is 10.2. The van der Waals surface area contributed by atoms with Gasteiger partial charge in [-0.25, -0.2) is 21.6 Å². The summed E-state index contributed by atoms with van der Waals surface area (Å²) in [5.41, 5.74) is -3.47. The van der Waals surface area contributed by atoms with Crippen LogP contribution in [0.4, 0.5) is 43.4 Å². The van der Waals surface area contributed by atoms with E-state index in [1.165, 1.54) is 12.1 Å². The van der Waals surface area contributed by atoms with Crippen molar-refractivity contribution in [2.45, 2.75) is 11.1 Å². The average Bonchev–Trinajstić information content (AvgIpc) is 3.06. The Kier molecular flexibility index (Phi) is 6.14. The molecule has 0 radical (unpaired) electrons. The minimum atomic E-state index is -5.09. The van der Waals surface area contributed by atoms with E-state index in [-0.39, 0.29) is 5.69 Å². The molecule has 2 aromatic carbocycles. The summed E-state index contributed by atoms with van der Waals surface area (Å²) in [4.78, 5) is -1.22. The number of alkyl halides is 3. The van der Waals surface area contributed by atoms with Gasteiger partial charge in [0.15, 0.2) is 17.3 Å².